The highest BCUT2D eigenvalue weighted by atomic mass is 35.5. The number of hydrogen-bond donors (Lipinski definition) is 2. The van der Waals surface area contributed by atoms with Crippen LogP contribution in [0.4, 0.5) is 20.2 Å². The van der Waals surface area contributed by atoms with E-state index in [0.29, 0.717) is 0 Å². The van der Waals surface area contributed by atoms with Crippen LogP contribution in [0.3, 0.4) is 0 Å². The van der Waals surface area contributed by atoms with Gasteiger partial charge in [-0.05, 0) is 31.2 Å². The molecule has 2 rings (SSSR count). The summed E-state index contributed by atoms with van der Waals surface area (Å²) in [7, 11) is 0. The standard InChI is InChI=1S/C16H12ClF2N3O4/c1-8(15(23)21-10-3-5-12(18)13(19)7-10)20-16(24)9-2-4-11(17)14(6-9)22(25)26/h2-8H,1H3,(H,20,24)(H,21,23)/t8-/m0/s1. The molecule has 2 aromatic carbocycles. The van der Waals surface area contributed by atoms with E-state index in [2.05, 4.69) is 10.6 Å². The number of nitro groups is 1. The molecular weight excluding hydrogens is 372 g/mol. The molecule has 10 heteroatoms. The highest BCUT2D eigenvalue weighted by molar-refractivity contribution is 6.32. The second-order valence-electron chi connectivity index (χ2n) is 5.24. The lowest BCUT2D eigenvalue weighted by molar-refractivity contribution is -0.384. The van der Waals surface area contributed by atoms with Crippen LogP contribution in [0.2, 0.25) is 5.02 Å². The Kier molecular flexibility index (Phi) is 5.83. The molecule has 136 valence electrons. The third-order valence-electron chi connectivity index (χ3n) is 3.33. The number of anilines is 1. The van der Waals surface area contributed by atoms with Crippen molar-refractivity contribution in [3.63, 3.8) is 0 Å². The largest absolute Gasteiger partial charge is 0.341 e. The quantitative estimate of drug-likeness (QED) is 0.611. The maximum absolute atomic E-state index is 13.1. The minimum absolute atomic E-state index is 0.0112. The summed E-state index contributed by atoms with van der Waals surface area (Å²) in [5.41, 5.74) is -0.496. The van der Waals surface area contributed by atoms with Crippen LogP contribution in [0.15, 0.2) is 36.4 Å². The van der Waals surface area contributed by atoms with Gasteiger partial charge in [-0.25, -0.2) is 8.78 Å². The van der Waals surface area contributed by atoms with Crippen molar-refractivity contribution in [1.82, 2.24) is 5.32 Å². The van der Waals surface area contributed by atoms with Crippen molar-refractivity contribution in [2.45, 2.75) is 13.0 Å². The summed E-state index contributed by atoms with van der Waals surface area (Å²) >= 11 is 5.67. The lowest BCUT2D eigenvalue weighted by atomic mass is 10.1. The van der Waals surface area contributed by atoms with Gasteiger partial charge in [-0.3, -0.25) is 19.7 Å². The van der Waals surface area contributed by atoms with Crippen LogP contribution in [0.1, 0.15) is 17.3 Å². The summed E-state index contributed by atoms with van der Waals surface area (Å²) in [6.07, 6.45) is 0. The summed E-state index contributed by atoms with van der Waals surface area (Å²) in [5.74, 6) is -3.62. The third kappa shape index (κ3) is 4.51. The molecule has 0 unspecified atom stereocenters. The second-order valence-corrected chi connectivity index (χ2v) is 5.64. The first-order chi connectivity index (χ1) is 12.2. The van der Waals surface area contributed by atoms with Crippen LogP contribution in [-0.4, -0.2) is 22.8 Å². The first-order valence-electron chi connectivity index (χ1n) is 7.19. The number of hydrogen-bond acceptors (Lipinski definition) is 4. The number of nitrogens with one attached hydrogen (secondary N) is 2. The number of halogens is 3. The molecule has 0 heterocycles. The van der Waals surface area contributed by atoms with Gasteiger partial charge in [0.2, 0.25) is 5.91 Å². The van der Waals surface area contributed by atoms with E-state index in [1.807, 2.05) is 0 Å². The van der Waals surface area contributed by atoms with E-state index in [0.717, 1.165) is 24.3 Å². The van der Waals surface area contributed by atoms with Crippen LogP contribution in [0.25, 0.3) is 0 Å². The Labute approximate surface area is 151 Å². The number of nitro benzene ring substituents is 1. The summed E-state index contributed by atoms with van der Waals surface area (Å²) in [6, 6.07) is 5.20. The smallest absolute Gasteiger partial charge is 0.288 e. The van der Waals surface area contributed by atoms with Gasteiger partial charge in [-0.2, -0.15) is 0 Å². The molecule has 0 fully saturated rings. The zero-order chi connectivity index (χ0) is 19.4. The number of amides is 2. The summed E-state index contributed by atoms with van der Waals surface area (Å²) in [6.45, 7) is 1.36. The van der Waals surface area contributed by atoms with E-state index in [4.69, 9.17) is 11.6 Å². The van der Waals surface area contributed by atoms with Crippen molar-refractivity contribution in [3.8, 4) is 0 Å². The van der Waals surface area contributed by atoms with E-state index in [1.54, 1.807) is 0 Å². The molecule has 7 nitrogen and oxygen atoms in total. The molecule has 0 radical (unpaired) electrons. The molecule has 2 N–H and O–H groups in total. The van der Waals surface area contributed by atoms with Crippen molar-refractivity contribution in [1.29, 1.82) is 0 Å². The number of rotatable bonds is 5. The lowest BCUT2D eigenvalue weighted by Gasteiger charge is -2.14. The van der Waals surface area contributed by atoms with E-state index in [-0.39, 0.29) is 16.3 Å². The second kappa shape index (κ2) is 7.87. The molecule has 0 saturated heterocycles. The Hall–Kier alpha value is -3.07. The molecule has 0 spiro atoms. The zero-order valence-electron chi connectivity index (χ0n) is 13.3. The van der Waals surface area contributed by atoms with Crippen molar-refractivity contribution in [2.24, 2.45) is 0 Å². The highest BCUT2D eigenvalue weighted by Gasteiger charge is 2.20. The molecule has 0 aromatic heterocycles. The van der Waals surface area contributed by atoms with Crippen LogP contribution >= 0.6 is 11.6 Å². The fourth-order valence-corrected chi connectivity index (χ4v) is 2.15. The Bertz CT molecular complexity index is 892. The average molecular weight is 384 g/mol. The maximum Gasteiger partial charge on any atom is 0.288 e. The lowest BCUT2D eigenvalue weighted by Crippen LogP contribution is -2.41. The van der Waals surface area contributed by atoms with E-state index >= 15 is 0 Å². The van der Waals surface area contributed by atoms with Crippen molar-refractivity contribution < 1.29 is 23.3 Å². The van der Waals surface area contributed by atoms with Gasteiger partial charge in [-0.15, -0.1) is 0 Å². The summed E-state index contributed by atoms with van der Waals surface area (Å²) < 4.78 is 26.0. The number of carbonyl (C=O) groups is 2. The first kappa shape index (κ1) is 19.3. The molecule has 0 aliphatic rings. The SMILES string of the molecule is C[C@H](NC(=O)c1ccc(Cl)c([N+](=O)[O-])c1)C(=O)Nc1ccc(F)c(F)c1. The maximum atomic E-state index is 13.1. The first-order valence-corrected chi connectivity index (χ1v) is 7.57. The normalized spacial score (nSPS) is 11.5. The number of carbonyl (C=O) groups excluding carboxylic acids is 2. The van der Waals surface area contributed by atoms with Crippen molar-refractivity contribution in [3.05, 3.63) is 68.7 Å². The Morgan fingerprint density at radius 1 is 1.15 bits per heavy atom. The van der Waals surface area contributed by atoms with E-state index < -0.39 is 40.1 Å². The van der Waals surface area contributed by atoms with Gasteiger partial charge in [0.05, 0.1) is 4.92 Å². The summed E-state index contributed by atoms with van der Waals surface area (Å²) in [4.78, 5) is 34.3. The van der Waals surface area contributed by atoms with Crippen molar-refractivity contribution >= 4 is 34.8 Å². The van der Waals surface area contributed by atoms with Gasteiger partial charge in [-0.1, -0.05) is 11.6 Å². The zero-order valence-corrected chi connectivity index (χ0v) is 14.0. The molecule has 2 amide bonds. The van der Waals surface area contributed by atoms with Crippen LogP contribution in [0, 0.1) is 21.7 Å². The van der Waals surface area contributed by atoms with Crippen LogP contribution in [0.5, 0.6) is 0 Å². The monoisotopic (exact) mass is 383 g/mol. The van der Waals surface area contributed by atoms with Gasteiger partial charge < -0.3 is 10.6 Å². The van der Waals surface area contributed by atoms with Gasteiger partial charge in [0.1, 0.15) is 11.1 Å². The van der Waals surface area contributed by atoms with E-state index in [1.165, 1.54) is 19.1 Å². The van der Waals surface area contributed by atoms with Gasteiger partial charge in [0, 0.05) is 23.4 Å². The predicted molar refractivity (Wildman–Crippen MR) is 90.0 cm³/mol. The molecule has 0 bridgehead atoms. The molecule has 2 aromatic rings. The molecule has 1 atom stereocenters. The molecule has 26 heavy (non-hydrogen) atoms. The van der Waals surface area contributed by atoms with Gasteiger partial charge in [0.25, 0.3) is 11.6 Å². The minimum Gasteiger partial charge on any atom is -0.341 e. The van der Waals surface area contributed by atoms with Crippen molar-refractivity contribution in [2.75, 3.05) is 5.32 Å². The van der Waals surface area contributed by atoms with E-state index in [9.17, 15) is 28.5 Å². The topological polar surface area (TPSA) is 101 Å². The van der Waals surface area contributed by atoms with Gasteiger partial charge >= 0.3 is 0 Å². The third-order valence-corrected chi connectivity index (χ3v) is 3.65. The van der Waals surface area contributed by atoms with Gasteiger partial charge in [0.15, 0.2) is 11.6 Å². The Morgan fingerprint density at radius 2 is 1.85 bits per heavy atom. The molecule has 0 saturated carbocycles. The predicted octanol–water partition coefficient (Wildman–Crippen LogP) is 3.28. The molecule has 0 aliphatic heterocycles. The number of nitrogens with zero attached hydrogens (tertiary/aromatic N) is 1. The van der Waals surface area contributed by atoms with Crippen LogP contribution < -0.4 is 10.6 Å². The fraction of sp³-hybridized carbons (Fsp3) is 0.125. The molecular formula is C16H12ClF2N3O4. The molecule has 0 aliphatic carbocycles. The minimum atomic E-state index is -1.13. The summed E-state index contributed by atoms with van der Waals surface area (Å²) in [5, 5.41) is 15.4. The number of benzene rings is 2. The Morgan fingerprint density at radius 3 is 2.46 bits per heavy atom. The van der Waals surface area contributed by atoms with Crippen LogP contribution in [-0.2, 0) is 4.79 Å². The highest BCUT2D eigenvalue weighted by Crippen LogP contribution is 2.25. The average Bonchev–Trinajstić information content (AvgIpc) is 2.58. The fourth-order valence-electron chi connectivity index (χ4n) is 1.96. The Balaban J connectivity index is 2.06.